The molecule has 6 nitrogen and oxygen atoms in total. The van der Waals surface area contributed by atoms with Crippen LogP contribution in [0.3, 0.4) is 0 Å². The Labute approximate surface area is 97.4 Å². The van der Waals surface area contributed by atoms with Gasteiger partial charge in [-0.05, 0) is 0 Å². The van der Waals surface area contributed by atoms with Gasteiger partial charge in [-0.25, -0.2) is 0 Å². The van der Waals surface area contributed by atoms with Crippen molar-refractivity contribution in [3.8, 4) is 0 Å². The number of rotatable bonds is 3. The third-order valence-electron chi connectivity index (χ3n) is 2.02. The van der Waals surface area contributed by atoms with Crippen LogP contribution in [-0.2, 0) is 23.8 Å². The zero-order valence-corrected chi connectivity index (χ0v) is 9.64. The second-order valence-electron chi connectivity index (χ2n) is 3.39. The predicted molar refractivity (Wildman–Crippen MR) is 52.7 cm³/mol. The van der Waals surface area contributed by atoms with E-state index in [2.05, 4.69) is 0 Å². The van der Waals surface area contributed by atoms with Crippen LogP contribution in [0.2, 0.25) is 0 Å². The maximum atomic E-state index is 10.8. The minimum Gasteiger partial charge on any atom is -0.463 e. The Morgan fingerprint density at radius 3 is 2.50 bits per heavy atom. The van der Waals surface area contributed by atoms with Gasteiger partial charge in [0.1, 0.15) is 18.1 Å². The van der Waals surface area contributed by atoms with Crippen LogP contribution in [0.5, 0.6) is 0 Å². The number of carbonyl (C=O) groups is 2. The third kappa shape index (κ3) is 3.33. The molecule has 1 rings (SSSR count). The molecule has 1 fully saturated rings. The second-order valence-corrected chi connectivity index (χ2v) is 3.89. The molecule has 4 atom stereocenters. The minimum absolute atomic E-state index is 0.117. The molecule has 1 heterocycles. The quantitative estimate of drug-likeness (QED) is 0.554. The lowest BCUT2D eigenvalue weighted by atomic mass is 10.2. The summed E-state index contributed by atoms with van der Waals surface area (Å²) < 4.78 is 14.6. The third-order valence-corrected chi connectivity index (χ3v) is 2.48. The standard InChI is InChI=1S/C9H13ClO6/c1-4(11)14-3-6-8(15-5(2)12)7(10)9(13)16-6/h6-9,13H,3H2,1-2H3/t6-,7-,8-,9?/m1/s1. The summed E-state index contributed by atoms with van der Waals surface area (Å²) in [6.45, 7) is 2.34. The normalized spacial score (nSPS) is 33.5. The average Bonchev–Trinajstić information content (AvgIpc) is 2.42. The number of hydrogen-bond donors (Lipinski definition) is 1. The van der Waals surface area contributed by atoms with Crippen molar-refractivity contribution >= 4 is 23.5 Å². The van der Waals surface area contributed by atoms with Gasteiger partial charge in [-0.2, -0.15) is 0 Å². The molecule has 1 N–H and O–H groups in total. The molecule has 0 saturated carbocycles. The molecule has 0 radical (unpaired) electrons. The smallest absolute Gasteiger partial charge is 0.303 e. The first kappa shape index (κ1) is 13.2. The molecule has 7 heteroatoms. The summed E-state index contributed by atoms with van der Waals surface area (Å²) in [6, 6.07) is 0. The Balaban J connectivity index is 2.59. The highest BCUT2D eigenvalue weighted by Gasteiger charge is 2.45. The lowest BCUT2D eigenvalue weighted by Crippen LogP contribution is -2.36. The lowest BCUT2D eigenvalue weighted by molar-refractivity contribution is -0.159. The van der Waals surface area contributed by atoms with Crippen molar-refractivity contribution in [2.75, 3.05) is 6.61 Å². The molecule has 1 aliphatic heterocycles. The second kappa shape index (κ2) is 5.47. The van der Waals surface area contributed by atoms with Gasteiger partial charge in [-0.1, -0.05) is 0 Å². The summed E-state index contributed by atoms with van der Waals surface area (Å²) in [6.07, 6.45) is -2.81. The summed E-state index contributed by atoms with van der Waals surface area (Å²) in [5, 5.41) is 8.46. The molecule has 92 valence electrons. The number of hydrogen-bond acceptors (Lipinski definition) is 6. The van der Waals surface area contributed by atoms with Crippen LogP contribution in [0, 0.1) is 0 Å². The fraction of sp³-hybridized carbons (Fsp3) is 0.778. The van der Waals surface area contributed by atoms with Gasteiger partial charge in [0.25, 0.3) is 0 Å². The van der Waals surface area contributed by atoms with Crippen LogP contribution < -0.4 is 0 Å². The Morgan fingerprint density at radius 2 is 2.00 bits per heavy atom. The van der Waals surface area contributed by atoms with Gasteiger partial charge in [0, 0.05) is 13.8 Å². The van der Waals surface area contributed by atoms with Gasteiger partial charge < -0.3 is 19.3 Å². The van der Waals surface area contributed by atoms with Crippen molar-refractivity contribution in [1.82, 2.24) is 0 Å². The SMILES string of the molecule is CC(=O)OC[C@H]1OC(O)[C@H](Cl)[C@@H]1OC(C)=O. The first-order chi connectivity index (χ1) is 7.41. The number of alkyl halides is 1. The minimum atomic E-state index is -1.24. The van der Waals surface area contributed by atoms with Crippen LogP contribution in [0.25, 0.3) is 0 Å². The van der Waals surface area contributed by atoms with Gasteiger partial charge in [-0.15, -0.1) is 11.6 Å². The topological polar surface area (TPSA) is 82.1 Å². The Kier molecular flexibility index (Phi) is 4.52. The number of aliphatic hydroxyl groups excluding tert-OH is 1. The molecular weight excluding hydrogens is 240 g/mol. The van der Waals surface area contributed by atoms with Gasteiger partial charge in [0.05, 0.1) is 0 Å². The molecule has 0 aliphatic carbocycles. The number of esters is 2. The monoisotopic (exact) mass is 252 g/mol. The zero-order valence-electron chi connectivity index (χ0n) is 8.88. The van der Waals surface area contributed by atoms with Gasteiger partial charge in [-0.3, -0.25) is 9.59 Å². The Bertz CT molecular complexity index is 281. The first-order valence-corrected chi connectivity index (χ1v) is 5.13. The number of carbonyl (C=O) groups excluding carboxylic acids is 2. The van der Waals surface area contributed by atoms with Crippen LogP contribution in [-0.4, -0.2) is 47.5 Å². The molecule has 0 amide bonds. The number of aliphatic hydroxyl groups is 1. The van der Waals surface area contributed by atoms with E-state index in [0.717, 1.165) is 0 Å². The van der Waals surface area contributed by atoms with Crippen molar-refractivity contribution in [2.24, 2.45) is 0 Å². The van der Waals surface area contributed by atoms with E-state index in [-0.39, 0.29) is 6.61 Å². The highest BCUT2D eigenvalue weighted by atomic mass is 35.5. The molecule has 0 aromatic heterocycles. The maximum Gasteiger partial charge on any atom is 0.303 e. The van der Waals surface area contributed by atoms with Gasteiger partial charge >= 0.3 is 11.9 Å². The summed E-state index contributed by atoms with van der Waals surface area (Å²) in [7, 11) is 0. The summed E-state index contributed by atoms with van der Waals surface area (Å²) in [5.41, 5.74) is 0. The molecule has 1 aliphatic rings. The van der Waals surface area contributed by atoms with Crippen molar-refractivity contribution in [1.29, 1.82) is 0 Å². The van der Waals surface area contributed by atoms with Crippen molar-refractivity contribution in [2.45, 2.75) is 37.7 Å². The van der Waals surface area contributed by atoms with E-state index < -0.39 is 35.8 Å². The van der Waals surface area contributed by atoms with E-state index in [4.69, 9.17) is 25.8 Å². The van der Waals surface area contributed by atoms with Gasteiger partial charge in [0.15, 0.2) is 12.4 Å². The largest absolute Gasteiger partial charge is 0.463 e. The van der Waals surface area contributed by atoms with Crippen molar-refractivity contribution in [3.05, 3.63) is 0 Å². The van der Waals surface area contributed by atoms with Crippen LogP contribution in [0.15, 0.2) is 0 Å². The number of halogens is 1. The summed E-state index contributed by atoms with van der Waals surface area (Å²) in [4.78, 5) is 21.4. The molecule has 0 spiro atoms. The van der Waals surface area contributed by atoms with Crippen LogP contribution in [0.4, 0.5) is 0 Å². The first-order valence-electron chi connectivity index (χ1n) is 4.70. The highest BCUT2D eigenvalue weighted by molar-refractivity contribution is 6.21. The van der Waals surface area contributed by atoms with Crippen LogP contribution >= 0.6 is 11.6 Å². The molecule has 0 aromatic carbocycles. The van der Waals surface area contributed by atoms with E-state index in [0.29, 0.717) is 0 Å². The van der Waals surface area contributed by atoms with Crippen molar-refractivity contribution in [3.63, 3.8) is 0 Å². The summed E-state index contributed by atoms with van der Waals surface area (Å²) >= 11 is 5.79. The average molecular weight is 253 g/mol. The van der Waals surface area contributed by atoms with Gasteiger partial charge in [0.2, 0.25) is 0 Å². The molecule has 0 bridgehead atoms. The number of ether oxygens (including phenoxy) is 3. The fourth-order valence-corrected chi connectivity index (χ4v) is 1.64. The molecule has 0 aromatic rings. The van der Waals surface area contributed by atoms with E-state index in [9.17, 15) is 14.7 Å². The van der Waals surface area contributed by atoms with Crippen LogP contribution in [0.1, 0.15) is 13.8 Å². The van der Waals surface area contributed by atoms with E-state index in [1.54, 1.807) is 0 Å². The van der Waals surface area contributed by atoms with E-state index in [1.807, 2.05) is 0 Å². The van der Waals surface area contributed by atoms with Crippen molar-refractivity contribution < 1.29 is 28.9 Å². The molecule has 16 heavy (non-hydrogen) atoms. The van der Waals surface area contributed by atoms with E-state index >= 15 is 0 Å². The Hall–Kier alpha value is -0.850. The lowest BCUT2D eigenvalue weighted by Gasteiger charge is -2.18. The van der Waals surface area contributed by atoms with E-state index in [1.165, 1.54) is 13.8 Å². The molecular formula is C9H13ClO6. The highest BCUT2D eigenvalue weighted by Crippen LogP contribution is 2.27. The zero-order chi connectivity index (χ0) is 12.3. The fourth-order valence-electron chi connectivity index (χ4n) is 1.37. The Morgan fingerprint density at radius 1 is 1.38 bits per heavy atom. The predicted octanol–water partition coefficient (Wildman–Crippen LogP) is -0.194. The summed E-state index contributed by atoms with van der Waals surface area (Å²) in [5.74, 6) is -1.03. The molecule has 1 saturated heterocycles. The maximum absolute atomic E-state index is 10.8. The molecule has 1 unspecified atom stereocenters.